The highest BCUT2D eigenvalue weighted by Gasteiger charge is 2.26. The molecule has 0 aliphatic heterocycles. The van der Waals surface area contributed by atoms with E-state index in [9.17, 15) is 9.59 Å². The van der Waals surface area contributed by atoms with Crippen LogP contribution in [0.2, 0.25) is 5.02 Å². The number of ketones is 1. The fourth-order valence-electron chi connectivity index (χ4n) is 2.85. The number of methoxy groups -OCH3 is 2. The summed E-state index contributed by atoms with van der Waals surface area (Å²) in [4.78, 5) is 27.5. The minimum Gasteiger partial charge on any atom is -0.497 e. The van der Waals surface area contributed by atoms with Gasteiger partial charge in [0.05, 0.1) is 20.6 Å². The average molecular weight is 364 g/mol. The number of nitrogens with one attached hydrogen (secondary N) is 1. The van der Waals surface area contributed by atoms with Gasteiger partial charge in [-0.2, -0.15) is 0 Å². The Labute approximate surface area is 152 Å². The molecule has 0 aliphatic carbocycles. The Hall–Kier alpha value is -2.27. The Morgan fingerprint density at radius 3 is 2.56 bits per heavy atom. The van der Waals surface area contributed by atoms with Crippen molar-refractivity contribution in [2.24, 2.45) is 5.92 Å². The van der Waals surface area contributed by atoms with Crippen LogP contribution < -0.4 is 4.74 Å². The molecule has 25 heavy (non-hydrogen) atoms. The van der Waals surface area contributed by atoms with Crippen molar-refractivity contribution in [2.75, 3.05) is 14.2 Å². The van der Waals surface area contributed by atoms with E-state index >= 15 is 0 Å². The van der Waals surface area contributed by atoms with Gasteiger partial charge in [-0.15, -0.1) is 0 Å². The molecule has 0 saturated carbocycles. The molecule has 1 aromatic carbocycles. The van der Waals surface area contributed by atoms with Crippen molar-refractivity contribution in [3.63, 3.8) is 0 Å². The number of H-pyrrole nitrogens is 1. The standard InChI is InChI=1S/C19H22ClNO4/c1-12(16(11-19(23)25-3)17-5-4-6-21-17)7-18(22)13-8-14(20)10-15(9-13)24-2/h4-6,8-10,12,16,21H,7,11H2,1-3H3. The maximum absolute atomic E-state index is 12.7. The molecule has 2 atom stereocenters. The van der Waals surface area contributed by atoms with Crippen LogP contribution in [-0.4, -0.2) is 31.0 Å². The molecule has 1 heterocycles. The number of carbonyl (C=O) groups excluding carboxylic acids is 2. The predicted molar refractivity (Wildman–Crippen MR) is 96.3 cm³/mol. The first-order chi connectivity index (χ1) is 11.9. The van der Waals surface area contributed by atoms with E-state index in [1.54, 1.807) is 24.4 Å². The van der Waals surface area contributed by atoms with E-state index < -0.39 is 0 Å². The molecular weight excluding hydrogens is 342 g/mol. The zero-order valence-corrected chi connectivity index (χ0v) is 15.3. The van der Waals surface area contributed by atoms with Gasteiger partial charge in [0, 0.05) is 34.8 Å². The van der Waals surface area contributed by atoms with E-state index in [1.165, 1.54) is 14.2 Å². The van der Waals surface area contributed by atoms with Gasteiger partial charge in [0.15, 0.2) is 5.78 Å². The van der Waals surface area contributed by atoms with Crippen LogP contribution in [0.5, 0.6) is 5.75 Å². The predicted octanol–water partition coefficient (Wildman–Crippen LogP) is 4.23. The molecular formula is C19H22ClNO4. The summed E-state index contributed by atoms with van der Waals surface area (Å²) in [5.41, 5.74) is 1.41. The van der Waals surface area contributed by atoms with E-state index in [4.69, 9.17) is 21.1 Å². The van der Waals surface area contributed by atoms with Gasteiger partial charge < -0.3 is 14.5 Å². The molecule has 0 fully saturated rings. The molecule has 5 nitrogen and oxygen atoms in total. The summed E-state index contributed by atoms with van der Waals surface area (Å²) in [5, 5.41) is 0.450. The number of carbonyl (C=O) groups is 2. The third-order valence-corrected chi connectivity index (χ3v) is 4.48. The van der Waals surface area contributed by atoms with Crippen LogP contribution in [-0.2, 0) is 9.53 Å². The van der Waals surface area contributed by atoms with Crippen molar-refractivity contribution >= 4 is 23.4 Å². The summed E-state index contributed by atoms with van der Waals surface area (Å²) in [6.45, 7) is 1.95. The summed E-state index contributed by atoms with van der Waals surface area (Å²) < 4.78 is 9.95. The minimum atomic E-state index is -0.302. The topological polar surface area (TPSA) is 68.4 Å². The van der Waals surface area contributed by atoms with Gasteiger partial charge in [-0.3, -0.25) is 9.59 Å². The number of aromatic amines is 1. The van der Waals surface area contributed by atoms with Crippen LogP contribution in [0.15, 0.2) is 36.5 Å². The number of esters is 1. The van der Waals surface area contributed by atoms with Crippen molar-refractivity contribution in [3.8, 4) is 5.75 Å². The third kappa shape index (κ3) is 5.10. The Morgan fingerprint density at radius 2 is 1.96 bits per heavy atom. The van der Waals surface area contributed by atoms with Gasteiger partial charge in [0.25, 0.3) is 0 Å². The molecule has 0 saturated heterocycles. The zero-order valence-electron chi connectivity index (χ0n) is 14.5. The summed E-state index contributed by atoms with van der Waals surface area (Å²) in [6.07, 6.45) is 2.30. The van der Waals surface area contributed by atoms with Crippen molar-refractivity contribution < 1.29 is 19.1 Å². The number of aromatic nitrogens is 1. The van der Waals surface area contributed by atoms with Gasteiger partial charge in [0.1, 0.15) is 5.75 Å². The number of benzene rings is 1. The highest BCUT2D eigenvalue weighted by molar-refractivity contribution is 6.31. The van der Waals surface area contributed by atoms with Crippen LogP contribution in [0.1, 0.15) is 41.7 Å². The van der Waals surface area contributed by atoms with Crippen LogP contribution in [0, 0.1) is 5.92 Å². The lowest BCUT2D eigenvalue weighted by Gasteiger charge is -2.22. The molecule has 134 valence electrons. The molecule has 0 spiro atoms. The summed E-state index contributed by atoms with van der Waals surface area (Å²) >= 11 is 6.04. The fraction of sp³-hybridized carbons (Fsp3) is 0.368. The molecule has 0 radical (unpaired) electrons. The first kappa shape index (κ1) is 19.1. The van der Waals surface area contributed by atoms with Crippen molar-refractivity contribution in [1.82, 2.24) is 4.98 Å². The van der Waals surface area contributed by atoms with Crippen LogP contribution in [0.3, 0.4) is 0 Å². The summed E-state index contributed by atoms with van der Waals surface area (Å²) in [6, 6.07) is 8.74. The van der Waals surface area contributed by atoms with Gasteiger partial charge in [-0.05, 0) is 36.2 Å². The SMILES string of the molecule is COC(=O)CC(c1ccc[nH]1)C(C)CC(=O)c1cc(Cl)cc(OC)c1. The normalized spacial score (nSPS) is 13.1. The smallest absolute Gasteiger partial charge is 0.306 e. The van der Waals surface area contributed by atoms with E-state index in [2.05, 4.69) is 4.98 Å². The number of Topliss-reactive ketones (excluding diaryl/α,β-unsaturated/α-hetero) is 1. The molecule has 0 amide bonds. The summed E-state index contributed by atoms with van der Waals surface area (Å²) in [7, 11) is 2.89. The van der Waals surface area contributed by atoms with Gasteiger partial charge in [-0.25, -0.2) is 0 Å². The quantitative estimate of drug-likeness (QED) is 0.562. The lowest BCUT2D eigenvalue weighted by atomic mass is 9.84. The summed E-state index contributed by atoms with van der Waals surface area (Å²) in [5.74, 6) is -0.000247. The van der Waals surface area contributed by atoms with Crippen LogP contribution in [0.4, 0.5) is 0 Å². The van der Waals surface area contributed by atoms with Gasteiger partial charge in [-0.1, -0.05) is 18.5 Å². The van der Waals surface area contributed by atoms with Crippen LogP contribution >= 0.6 is 11.6 Å². The zero-order chi connectivity index (χ0) is 18.4. The highest BCUT2D eigenvalue weighted by atomic mass is 35.5. The van der Waals surface area contributed by atoms with Crippen molar-refractivity contribution in [1.29, 1.82) is 0 Å². The maximum Gasteiger partial charge on any atom is 0.306 e. The third-order valence-electron chi connectivity index (χ3n) is 4.26. The second kappa shape index (κ2) is 8.72. The number of halogens is 1. The second-order valence-corrected chi connectivity index (χ2v) is 6.43. The lowest BCUT2D eigenvalue weighted by molar-refractivity contribution is -0.141. The van der Waals surface area contributed by atoms with Gasteiger partial charge >= 0.3 is 5.97 Å². The Balaban J connectivity index is 2.17. The Bertz CT molecular complexity index is 727. The molecule has 2 aromatic rings. The first-order valence-electron chi connectivity index (χ1n) is 8.02. The van der Waals surface area contributed by atoms with E-state index in [0.717, 1.165) is 5.69 Å². The Morgan fingerprint density at radius 1 is 1.20 bits per heavy atom. The van der Waals surface area contributed by atoms with Gasteiger partial charge in [0.2, 0.25) is 0 Å². The van der Waals surface area contributed by atoms with Crippen LogP contribution in [0.25, 0.3) is 0 Å². The highest BCUT2D eigenvalue weighted by Crippen LogP contribution is 2.31. The van der Waals surface area contributed by atoms with E-state index in [1.807, 2.05) is 19.1 Å². The maximum atomic E-state index is 12.7. The minimum absolute atomic E-state index is 0.0466. The van der Waals surface area contributed by atoms with E-state index in [0.29, 0.717) is 16.3 Å². The van der Waals surface area contributed by atoms with Crippen molar-refractivity contribution in [2.45, 2.75) is 25.7 Å². The number of hydrogen-bond donors (Lipinski definition) is 1. The monoisotopic (exact) mass is 363 g/mol. The molecule has 1 N–H and O–H groups in total. The molecule has 6 heteroatoms. The average Bonchev–Trinajstić information content (AvgIpc) is 3.12. The molecule has 0 bridgehead atoms. The fourth-order valence-corrected chi connectivity index (χ4v) is 3.07. The first-order valence-corrected chi connectivity index (χ1v) is 8.40. The second-order valence-electron chi connectivity index (χ2n) is 6.00. The molecule has 2 rings (SSSR count). The molecule has 2 unspecified atom stereocenters. The number of hydrogen-bond acceptors (Lipinski definition) is 4. The lowest BCUT2D eigenvalue weighted by Crippen LogP contribution is -2.19. The number of ether oxygens (including phenoxy) is 2. The number of rotatable bonds is 8. The largest absolute Gasteiger partial charge is 0.497 e. The molecule has 1 aromatic heterocycles. The molecule has 0 aliphatic rings. The Kier molecular flexibility index (Phi) is 6.65. The van der Waals surface area contributed by atoms with E-state index in [-0.39, 0.29) is 36.4 Å². The van der Waals surface area contributed by atoms with Crippen molar-refractivity contribution in [3.05, 3.63) is 52.8 Å².